The summed E-state index contributed by atoms with van der Waals surface area (Å²) in [6.45, 7) is 0. The van der Waals surface area contributed by atoms with E-state index in [0.29, 0.717) is 18.4 Å². The first-order valence-electron chi connectivity index (χ1n) is 5.85. The van der Waals surface area contributed by atoms with Gasteiger partial charge in [-0.2, -0.15) is 0 Å². The Labute approximate surface area is 99.3 Å². The smallest absolute Gasteiger partial charge is 0.138 e. The van der Waals surface area contributed by atoms with Crippen LogP contribution in [-0.2, 0) is 4.79 Å². The number of alkyl halides is 1. The molecule has 0 heterocycles. The molecule has 0 saturated heterocycles. The zero-order valence-electron chi connectivity index (χ0n) is 9.40. The van der Waals surface area contributed by atoms with Gasteiger partial charge in [0.05, 0.1) is 5.41 Å². The van der Waals surface area contributed by atoms with Gasteiger partial charge in [0, 0.05) is 0 Å². The summed E-state index contributed by atoms with van der Waals surface area (Å²) in [5.74, 6) is 0. The molecule has 0 bridgehead atoms. The number of halogens is 1. The largest absolute Gasteiger partial charge is 0.303 e. The number of carbonyl (C=O) groups excluding carboxylic acids is 1. The van der Waals surface area contributed by atoms with Crippen LogP contribution in [-0.4, -0.2) is 6.29 Å². The van der Waals surface area contributed by atoms with Gasteiger partial charge in [-0.15, -0.1) is 0 Å². The average molecular weight is 228 g/mol. The highest BCUT2D eigenvalue weighted by atomic mass is 19.1. The minimum absolute atomic E-state index is 0.646. The van der Waals surface area contributed by atoms with Crippen LogP contribution in [0.2, 0.25) is 0 Å². The molecule has 0 spiro atoms. The van der Waals surface area contributed by atoms with Gasteiger partial charge < -0.3 is 4.79 Å². The summed E-state index contributed by atoms with van der Waals surface area (Å²) in [5, 5.41) is 1.94. The third-order valence-corrected chi connectivity index (χ3v) is 3.66. The Morgan fingerprint density at radius 1 is 1.12 bits per heavy atom. The standard InChI is InChI=1S/C15H13FO/c16-14(15(10-17)8-9-15)13-7-3-5-11-4-1-2-6-12(11)13/h1-7,10,14H,8-9H2. The van der Waals surface area contributed by atoms with Crippen molar-refractivity contribution < 1.29 is 9.18 Å². The van der Waals surface area contributed by atoms with E-state index in [-0.39, 0.29) is 0 Å². The lowest BCUT2D eigenvalue weighted by Crippen LogP contribution is -2.11. The number of hydrogen-bond donors (Lipinski definition) is 0. The van der Waals surface area contributed by atoms with Crippen LogP contribution in [0.4, 0.5) is 4.39 Å². The molecule has 0 aliphatic heterocycles. The first kappa shape index (κ1) is 10.5. The van der Waals surface area contributed by atoms with Gasteiger partial charge in [0.15, 0.2) is 0 Å². The summed E-state index contributed by atoms with van der Waals surface area (Å²) >= 11 is 0. The van der Waals surface area contributed by atoms with Crippen molar-refractivity contribution in [3.05, 3.63) is 48.0 Å². The minimum atomic E-state index is -1.17. The first-order chi connectivity index (χ1) is 8.27. The second-order valence-corrected chi connectivity index (χ2v) is 4.78. The maximum Gasteiger partial charge on any atom is 0.138 e. The molecule has 0 N–H and O–H groups in total. The molecule has 1 nitrogen and oxygen atoms in total. The lowest BCUT2D eigenvalue weighted by Gasteiger charge is -2.16. The molecule has 86 valence electrons. The summed E-state index contributed by atoms with van der Waals surface area (Å²) in [4.78, 5) is 11.0. The van der Waals surface area contributed by atoms with Gasteiger partial charge in [-0.3, -0.25) is 0 Å². The average Bonchev–Trinajstić information content (AvgIpc) is 3.18. The van der Waals surface area contributed by atoms with Crippen molar-refractivity contribution in [1.82, 2.24) is 0 Å². The predicted octanol–water partition coefficient (Wildman–Crippen LogP) is 3.83. The molecule has 1 aliphatic carbocycles. The van der Waals surface area contributed by atoms with E-state index in [0.717, 1.165) is 17.1 Å². The SMILES string of the molecule is O=CC1(C(F)c2cccc3ccccc23)CC1. The van der Waals surface area contributed by atoms with Crippen molar-refractivity contribution in [2.75, 3.05) is 0 Å². The molecule has 2 aromatic carbocycles. The van der Waals surface area contributed by atoms with Crippen molar-refractivity contribution in [3.8, 4) is 0 Å². The van der Waals surface area contributed by atoms with Crippen molar-refractivity contribution in [1.29, 1.82) is 0 Å². The fourth-order valence-electron chi connectivity index (χ4n) is 2.36. The van der Waals surface area contributed by atoms with Gasteiger partial charge in [0.1, 0.15) is 12.5 Å². The van der Waals surface area contributed by atoms with Gasteiger partial charge in [-0.25, -0.2) is 4.39 Å². The maximum atomic E-state index is 14.5. The monoisotopic (exact) mass is 228 g/mol. The third-order valence-electron chi connectivity index (χ3n) is 3.66. The van der Waals surface area contributed by atoms with E-state index in [2.05, 4.69) is 0 Å². The highest BCUT2D eigenvalue weighted by Gasteiger charge is 2.51. The van der Waals surface area contributed by atoms with E-state index < -0.39 is 11.6 Å². The molecule has 2 heteroatoms. The van der Waals surface area contributed by atoms with Gasteiger partial charge in [0.2, 0.25) is 0 Å². The van der Waals surface area contributed by atoms with Crippen molar-refractivity contribution >= 4 is 17.1 Å². The lowest BCUT2D eigenvalue weighted by atomic mass is 9.92. The lowest BCUT2D eigenvalue weighted by molar-refractivity contribution is -0.114. The van der Waals surface area contributed by atoms with Crippen LogP contribution in [0, 0.1) is 5.41 Å². The van der Waals surface area contributed by atoms with E-state index in [1.807, 2.05) is 36.4 Å². The van der Waals surface area contributed by atoms with Crippen LogP contribution in [0.1, 0.15) is 24.6 Å². The molecule has 2 aromatic rings. The Morgan fingerprint density at radius 2 is 1.82 bits per heavy atom. The molecule has 1 atom stereocenters. The van der Waals surface area contributed by atoms with Crippen molar-refractivity contribution in [2.24, 2.45) is 5.41 Å². The molecule has 1 saturated carbocycles. The molecular weight excluding hydrogens is 215 g/mol. The molecule has 17 heavy (non-hydrogen) atoms. The van der Waals surface area contributed by atoms with E-state index in [1.54, 1.807) is 6.07 Å². The summed E-state index contributed by atoms with van der Waals surface area (Å²) in [6.07, 6.45) is 0.951. The molecule has 0 radical (unpaired) electrons. The Balaban J connectivity index is 2.14. The molecule has 0 aromatic heterocycles. The van der Waals surface area contributed by atoms with E-state index in [9.17, 15) is 9.18 Å². The summed E-state index contributed by atoms with van der Waals surface area (Å²) < 4.78 is 14.5. The normalized spacial score (nSPS) is 18.9. The minimum Gasteiger partial charge on any atom is -0.303 e. The number of benzene rings is 2. The maximum absolute atomic E-state index is 14.5. The van der Waals surface area contributed by atoms with Gasteiger partial charge in [0.25, 0.3) is 0 Å². The number of fused-ring (bicyclic) bond motifs is 1. The molecule has 1 aliphatic rings. The van der Waals surface area contributed by atoms with Crippen LogP contribution in [0.3, 0.4) is 0 Å². The second-order valence-electron chi connectivity index (χ2n) is 4.78. The summed E-state index contributed by atoms with van der Waals surface area (Å²) in [7, 11) is 0. The molecular formula is C15H13FO. The Bertz CT molecular complexity index is 567. The molecule has 3 rings (SSSR count). The van der Waals surface area contributed by atoms with Crippen LogP contribution < -0.4 is 0 Å². The zero-order valence-corrected chi connectivity index (χ0v) is 9.40. The molecule has 1 unspecified atom stereocenters. The van der Waals surface area contributed by atoms with Gasteiger partial charge in [-0.05, 0) is 29.2 Å². The van der Waals surface area contributed by atoms with Crippen molar-refractivity contribution in [3.63, 3.8) is 0 Å². The van der Waals surface area contributed by atoms with E-state index in [4.69, 9.17) is 0 Å². The highest BCUT2D eigenvalue weighted by molar-refractivity contribution is 5.86. The Morgan fingerprint density at radius 3 is 2.53 bits per heavy atom. The topological polar surface area (TPSA) is 17.1 Å². The van der Waals surface area contributed by atoms with Crippen LogP contribution in [0.25, 0.3) is 10.8 Å². The first-order valence-corrected chi connectivity index (χ1v) is 5.85. The van der Waals surface area contributed by atoms with Crippen molar-refractivity contribution in [2.45, 2.75) is 19.0 Å². The summed E-state index contributed by atoms with van der Waals surface area (Å²) in [5.41, 5.74) is -0.0999. The number of rotatable bonds is 3. The zero-order chi connectivity index (χ0) is 11.9. The second kappa shape index (κ2) is 3.66. The highest BCUT2D eigenvalue weighted by Crippen LogP contribution is 2.55. The fourth-order valence-corrected chi connectivity index (χ4v) is 2.36. The Hall–Kier alpha value is -1.70. The molecule has 1 fully saturated rings. The number of hydrogen-bond acceptors (Lipinski definition) is 1. The van der Waals surface area contributed by atoms with Gasteiger partial charge >= 0.3 is 0 Å². The van der Waals surface area contributed by atoms with E-state index >= 15 is 0 Å². The third kappa shape index (κ3) is 1.55. The fraction of sp³-hybridized carbons (Fsp3) is 0.267. The van der Waals surface area contributed by atoms with Crippen LogP contribution in [0.5, 0.6) is 0 Å². The summed E-state index contributed by atoms with van der Waals surface area (Å²) in [6, 6.07) is 13.3. The number of carbonyl (C=O) groups is 1. The van der Waals surface area contributed by atoms with Crippen LogP contribution >= 0.6 is 0 Å². The Kier molecular flexibility index (Phi) is 2.25. The number of aldehydes is 1. The quantitative estimate of drug-likeness (QED) is 0.730. The molecule has 0 amide bonds. The van der Waals surface area contributed by atoms with Crippen LogP contribution in [0.15, 0.2) is 42.5 Å². The van der Waals surface area contributed by atoms with Gasteiger partial charge in [-0.1, -0.05) is 42.5 Å². The van der Waals surface area contributed by atoms with E-state index in [1.165, 1.54) is 0 Å². The predicted molar refractivity (Wildman–Crippen MR) is 65.5 cm³/mol.